The van der Waals surface area contributed by atoms with Crippen molar-refractivity contribution in [1.82, 2.24) is 4.98 Å². The van der Waals surface area contributed by atoms with Crippen LogP contribution in [0.2, 0.25) is 0 Å². The molecule has 0 aliphatic rings. The summed E-state index contributed by atoms with van der Waals surface area (Å²) >= 11 is 3.43. The lowest BCUT2D eigenvalue weighted by atomic mass is 9.86. The summed E-state index contributed by atoms with van der Waals surface area (Å²) < 4.78 is 273. The first-order valence-corrected chi connectivity index (χ1v) is 11.8. The van der Waals surface area contributed by atoms with Crippen molar-refractivity contribution < 1.29 is 92.6 Å². The van der Waals surface area contributed by atoms with E-state index in [2.05, 4.69) is 16.6 Å². The van der Waals surface area contributed by atoms with E-state index >= 15 is 0 Å². The van der Waals surface area contributed by atoms with Gasteiger partial charge in [0, 0.05) is 10.9 Å². The fourth-order valence-electron chi connectivity index (χ4n) is 2.95. The van der Waals surface area contributed by atoms with Crippen LogP contribution in [0.1, 0.15) is 0 Å². The molecule has 0 saturated carbocycles. The van der Waals surface area contributed by atoms with Crippen LogP contribution in [0.5, 0.6) is 0 Å². The third-order valence-corrected chi connectivity index (χ3v) is 6.59. The maximum atomic E-state index is 14.1. The number of amides is 1. The maximum absolute atomic E-state index is 14.1. The predicted octanol–water partition coefficient (Wildman–Crippen LogP) is 9.30. The summed E-state index contributed by atoms with van der Waals surface area (Å²) in [6.07, 6.45) is 0. The Morgan fingerprint density at radius 2 is 0.933 bits per heavy atom. The van der Waals surface area contributed by atoms with Crippen molar-refractivity contribution in [2.24, 2.45) is 0 Å². The van der Waals surface area contributed by atoms with Gasteiger partial charge in [-0.1, -0.05) is 30.3 Å². The van der Waals surface area contributed by atoms with E-state index in [9.17, 15) is 92.6 Å². The molecule has 0 aliphatic heterocycles. The Morgan fingerprint density at radius 1 is 0.578 bits per heavy atom. The number of carbonyl (C=O) groups is 1. The molecule has 1 aromatic carbocycles. The number of alkyl halides is 21. The zero-order valence-electron chi connectivity index (χ0n) is 20.2. The van der Waals surface area contributed by atoms with Crippen LogP contribution >= 0.6 is 22.9 Å². The van der Waals surface area contributed by atoms with E-state index < -0.39 is 69.7 Å². The van der Waals surface area contributed by atoms with Gasteiger partial charge in [0.05, 0.1) is 5.69 Å². The summed E-state index contributed by atoms with van der Waals surface area (Å²) in [5.41, 5.74) is -0.101. The predicted molar refractivity (Wildman–Crippen MR) is 112 cm³/mol. The summed E-state index contributed by atoms with van der Waals surface area (Å²) in [6.45, 7) is 0. The van der Waals surface area contributed by atoms with Crippen molar-refractivity contribution in [1.29, 1.82) is 0 Å². The molecule has 25 heteroatoms. The maximum Gasteiger partial charge on any atom is 0.393 e. The topological polar surface area (TPSA) is 42.0 Å². The average Bonchev–Trinajstić information content (AvgIpc) is 3.36. The van der Waals surface area contributed by atoms with Crippen molar-refractivity contribution in [3.63, 3.8) is 0 Å². The highest BCUT2D eigenvalue weighted by atomic mass is 35.5. The van der Waals surface area contributed by atoms with E-state index in [1.807, 2.05) is 0 Å². The molecule has 0 bridgehead atoms. The number of hydrogen-bond donors (Lipinski definition) is 1. The monoisotopic (exact) mass is 738 g/mol. The van der Waals surface area contributed by atoms with Crippen molar-refractivity contribution in [3.8, 4) is 11.3 Å². The zero-order valence-corrected chi connectivity index (χ0v) is 21.7. The van der Waals surface area contributed by atoms with Crippen LogP contribution < -0.4 is 5.32 Å². The quantitative estimate of drug-likeness (QED) is 0.174. The SMILES string of the molecule is O=C(Nc1nc(-c2ccccc2)cs1)C(F)(F)C(F)(F)C(F)(F)C(F)(F)C(F)(F)C(F)(F)C(F)(F)C(F)(F)C(F)(F)C(F)(F)Cl. The minimum absolute atomic E-state index is 0.0742. The van der Waals surface area contributed by atoms with Crippen LogP contribution in [-0.4, -0.2) is 69.6 Å². The second-order valence-corrected chi connectivity index (χ2v) is 9.86. The first-order chi connectivity index (χ1) is 19.7. The lowest BCUT2D eigenvalue weighted by Gasteiger charge is -2.44. The van der Waals surface area contributed by atoms with Gasteiger partial charge < -0.3 is 0 Å². The van der Waals surface area contributed by atoms with Gasteiger partial charge in [0.15, 0.2) is 5.13 Å². The van der Waals surface area contributed by atoms with E-state index in [0.717, 1.165) is 5.38 Å². The summed E-state index contributed by atoms with van der Waals surface area (Å²) in [4.78, 5) is 15.0. The van der Waals surface area contributed by atoms with Crippen molar-refractivity contribution in [2.45, 2.75) is 58.7 Å². The van der Waals surface area contributed by atoms with Crippen LogP contribution in [0, 0.1) is 0 Å². The number of nitrogens with one attached hydrogen (secondary N) is 1. The van der Waals surface area contributed by atoms with Gasteiger partial charge in [-0.2, -0.15) is 87.8 Å². The zero-order chi connectivity index (χ0) is 35.7. The van der Waals surface area contributed by atoms with E-state index in [4.69, 9.17) is 0 Å². The Kier molecular flexibility index (Phi) is 9.29. The van der Waals surface area contributed by atoms with Crippen LogP contribution in [0.4, 0.5) is 92.9 Å². The highest BCUT2D eigenvalue weighted by Gasteiger charge is 2.98. The number of halogens is 21. The highest BCUT2D eigenvalue weighted by molar-refractivity contribution is 7.14. The van der Waals surface area contributed by atoms with Crippen LogP contribution in [-0.2, 0) is 4.79 Å². The third-order valence-electron chi connectivity index (χ3n) is 5.59. The minimum Gasteiger partial charge on any atom is -0.296 e. The van der Waals surface area contributed by atoms with Gasteiger partial charge in [0.1, 0.15) is 0 Å². The number of benzene rings is 1. The molecule has 1 heterocycles. The molecule has 1 aromatic heterocycles. The molecule has 0 spiro atoms. The average molecular weight is 739 g/mol. The molecule has 2 aromatic rings. The summed E-state index contributed by atoms with van der Waals surface area (Å²) in [5, 5.41) is -6.70. The second-order valence-electron chi connectivity index (χ2n) is 8.53. The Morgan fingerprint density at radius 3 is 1.31 bits per heavy atom. The fraction of sp³-hybridized carbons (Fsp3) is 0.500. The molecule has 0 atom stereocenters. The molecule has 0 aliphatic carbocycles. The van der Waals surface area contributed by atoms with Gasteiger partial charge in [0.2, 0.25) is 0 Å². The first kappa shape index (κ1) is 38.4. The molecular formula is C20H7ClF20N2OS. The Labute approximate surface area is 243 Å². The number of carbonyl (C=O) groups excluding carboxylic acids is 1. The van der Waals surface area contributed by atoms with Crippen LogP contribution in [0.3, 0.4) is 0 Å². The normalized spacial score (nSPS) is 15.3. The van der Waals surface area contributed by atoms with Crippen molar-refractivity contribution in [2.75, 3.05) is 5.32 Å². The molecule has 0 radical (unpaired) electrons. The highest BCUT2D eigenvalue weighted by Crippen LogP contribution is 2.66. The van der Waals surface area contributed by atoms with Gasteiger partial charge in [-0.05, 0) is 11.6 Å². The number of aromatic nitrogens is 1. The largest absolute Gasteiger partial charge is 0.393 e. The van der Waals surface area contributed by atoms with E-state index in [1.54, 1.807) is 0 Å². The number of nitrogens with zero attached hydrogens (tertiary/aromatic N) is 1. The summed E-state index contributed by atoms with van der Waals surface area (Å²) in [5.74, 6) is -81.6. The number of rotatable bonds is 12. The van der Waals surface area contributed by atoms with E-state index in [-0.39, 0.29) is 22.6 Å². The van der Waals surface area contributed by atoms with Crippen LogP contribution in [0.15, 0.2) is 35.7 Å². The molecular weight excluding hydrogens is 732 g/mol. The molecule has 3 nitrogen and oxygen atoms in total. The van der Waals surface area contributed by atoms with Gasteiger partial charge in [-0.3, -0.25) is 10.1 Å². The molecule has 256 valence electrons. The minimum atomic E-state index is -9.20. The Balaban J connectivity index is 2.55. The molecule has 0 saturated heterocycles. The van der Waals surface area contributed by atoms with Crippen LogP contribution in [0.25, 0.3) is 11.3 Å². The standard InChI is InChI=1S/C20H7ClF20N2OS/c21-20(40,41)19(38,39)18(36,37)17(34,35)16(32,33)15(30,31)14(28,29)13(26,27)12(24,25)11(22,23)9(44)43-10-42-8(6-45-10)7-4-2-1-3-5-7/h1-6H,(H,42,43,44). The second kappa shape index (κ2) is 10.9. The van der Waals surface area contributed by atoms with E-state index in [1.165, 1.54) is 30.3 Å². The number of hydrogen-bond acceptors (Lipinski definition) is 3. The van der Waals surface area contributed by atoms with Gasteiger partial charge in [-0.15, -0.1) is 11.3 Å². The number of thiazole rings is 1. The van der Waals surface area contributed by atoms with Gasteiger partial charge >= 0.3 is 64.6 Å². The summed E-state index contributed by atoms with van der Waals surface area (Å²) in [7, 11) is 0. The van der Waals surface area contributed by atoms with Crippen molar-refractivity contribution in [3.05, 3.63) is 35.7 Å². The smallest absolute Gasteiger partial charge is 0.296 e. The third kappa shape index (κ3) is 5.31. The van der Waals surface area contributed by atoms with Gasteiger partial charge in [-0.25, -0.2) is 4.98 Å². The molecule has 0 fully saturated rings. The van der Waals surface area contributed by atoms with E-state index in [0.29, 0.717) is 5.32 Å². The summed E-state index contributed by atoms with van der Waals surface area (Å²) in [6, 6.07) is 6.72. The lowest BCUT2D eigenvalue weighted by Crippen LogP contribution is -2.77. The Bertz CT molecular complexity index is 1390. The molecule has 1 N–H and O–H groups in total. The molecule has 45 heavy (non-hydrogen) atoms. The fourth-order valence-corrected chi connectivity index (χ4v) is 3.78. The molecule has 0 unspecified atom stereocenters. The van der Waals surface area contributed by atoms with Gasteiger partial charge in [0.25, 0.3) is 0 Å². The number of anilines is 1. The molecule has 1 amide bonds. The molecule has 2 rings (SSSR count). The van der Waals surface area contributed by atoms with Crippen molar-refractivity contribution >= 4 is 34.0 Å². The Hall–Kier alpha value is -2.79. The lowest BCUT2D eigenvalue weighted by molar-refractivity contribution is -0.464. The first-order valence-electron chi connectivity index (χ1n) is 10.5.